The molecule has 8 heteroatoms. The van der Waals surface area contributed by atoms with E-state index in [0.29, 0.717) is 23.2 Å². The molecule has 0 saturated heterocycles. The predicted octanol–water partition coefficient (Wildman–Crippen LogP) is 4.49. The maximum atomic E-state index is 13.4. The highest BCUT2D eigenvalue weighted by molar-refractivity contribution is 6.01. The number of nitrogens with zero attached hydrogens (tertiary/aromatic N) is 3. The van der Waals surface area contributed by atoms with Crippen LogP contribution in [0.15, 0.2) is 65.7 Å². The average molecular weight is 456 g/mol. The Morgan fingerprint density at radius 3 is 2.55 bits per heavy atom. The van der Waals surface area contributed by atoms with Gasteiger partial charge < -0.3 is 14.2 Å². The molecule has 2 heterocycles. The van der Waals surface area contributed by atoms with Crippen LogP contribution in [0.1, 0.15) is 36.7 Å². The fraction of sp³-hybridized carbons (Fsp3) is 0.320. The number of hydrogen-bond donors (Lipinski definition) is 0. The van der Waals surface area contributed by atoms with E-state index in [0.717, 1.165) is 13.1 Å². The van der Waals surface area contributed by atoms with Crippen molar-refractivity contribution in [2.45, 2.75) is 32.7 Å². The lowest BCUT2D eigenvalue weighted by atomic mass is 9.99. The lowest BCUT2D eigenvalue weighted by Crippen LogP contribution is -2.42. The Balaban J connectivity index is 1.77. The number of halogens is 2. The summed E-state index contributed by atoms with van der Waals surface area (Å²) in [5, 5.41) is 0. The van der Waals surface area contributed by atoms with Gasteiger partial charge in [0.15, 0.2) is 0 Å². The minimum Gasteiger partial charge on any atom is -0.475 e. The number of rotatable bonds is 8. The molecule has 0 fully saturated rings. The number of benzene rings is 1. The van der Waals surface area contributed by atoms with Crippen molar-refractivity contribution in [3.8, 4) is 17.0 Å². The van der Waals surface area contributed by atoms with Crippen LogP contribution in [0, 0.1) is 0 Å². The van der Waals surface area contributed by atoms with Gasteiger partial charge in [0.25, 0.3) is 17.4 Å². The van der Waals surface area contributed by atoms with Gasteiger partial charge in [-0.2, -0.15) is 0 Å². The van der Waals surface area contributed by atoms with Gasteiger partial charge in [0.2, 0.25) is 5.88 Å². The molecule has 0 aliphatic carbocycles. The van der Waals surface area contributed by atoms with Crippen molar-refractivity contribution in [2.75, 3.05) is 13.2 Å². The quantitative estimate of drug-likeness (QED) is 0.502. The minimum atomic E-state index is -2.97. The maximum absolute atomic E-state index is 13.4. The Labute approximate surface area is 191 Å². The van der Waals surface area contributed by atoms with Crippen molar-refractivity contribution in [3.63, 3.8) is 0 Å². The first-order chi connectivity index (χ1) is 15.6. The van der Waals surface area contributed by atoms with E-state index in [-0.39, 0.29) is 35.6 Å². The molecule has 0 spiro atoms. The standard InChI is InChI=1S/C25H27F2N3O3/c1-5-30(17(2)16-33-22-11-10-19(15-28-22)25(3,26)27)24(32)21-9-7-6-8-20(21)18-12-13-29(4)23(31)14-18/h6-15,17H,5,16H2,1-4H3/t17-/m0/s1. The van der Waals surface area contributed by atoms with Crippen LogP contribution in [0.5, 0.6) is 5.88 Å². The monoisotopic (exact) mass is 455 g/mol. The third-order valence-electron chi connectivity index (χ3n) is 5.42. The zero-order chi connectivity index (χ0) is 24.2. The second-order valence-electron chi connectivity index (χ2n) is 7.93. The molecule has 0 radical (unpaired) electrons. The third kappa shape index (κ3) is 5.63. The summed E-state index contributed by atoms with van der Waals surface area (Å²) in [6.45, 7) is 5.09. The summed E-state index contributed by atoms with van der Waals surface area (Å²) in [5.74, 6) is -2.96. The zero-order valence-electron chi connectivity index (χ0n) is 19.1. The average Bonchev–Trinajstić information content (AvgIpc) is 2.79. The lowest BCUT2D eigenvalue weighted by Gasteiger charge is -2.28. The van der Waals surface area contributed by atoms with Crippen molar-refractivity contribution in [1.82, 2.24) is 14.5 Å². The molecular weight excluding hydrogens is 428 g/mol. The summed E-state index contributed by atoms with van der Waals surface area (Å²) in [7, 11) is 1.67. The van der Waals surface area contributed by atoms with E-state index in [4.69, 9.17) is 4.74 Å². The number of aromatic nitrogens is 2. The fourth-order valence-electron chi connectivity index (χ4n) is 3.47. The molecular formula is C25H27F2N3O3. The summed E-state index contributed by atoms with van der Waals surface area (Å²) in [4.78, 5) is 31.1. The molecule has 3 aromatic rings. The molecule has 0 unspecified atom stereocenters. The second-order valence-corrected chi connectivity index (χ2v) is 7.93. The molecule has 6 nitrogen and oxygen atoms in total. The molecule has 1 amide bonds. The van der Waals surface area contributed by atoms with Gasteiger partial charge in [-0.15, -0.1) is 0 Å². The van der Waals surface area contributed by atoms with E-state index >= 15 is 0 Å². The highest BCUT2D eigenvalue weighted by Gasteiger charge is 2.25. The van der Waals surface area contributed by atoms with Gasteiger partial charge in [-0.1, -0.05) is 18.2 Å². The van der Waals surface area contributed by atoms with Crippen molar-refractivity contribution >= 4 is 5.91 Å². The zero-order valence-corrected chi connectivity index (χ0v) is 19.1. The molecule has 1 aromatic carbocycles. The van der Waals surface area contributed by atoms with Crippen LogP contribution in [0.2, 0.25) is 0 Å². The molecule has 0 aliphatic heterocycles. The van der Waals surface area contributed by atoms with Gasteiger partial charge in [-0.05, 0) is 43.2 Å². The van der Waals surface area contributed by atoms with Crippen LogP contribution in [0.4, 0.5) is 8.78 Å². The Kier molecular flexibility index (Phi) is 7.26. The Morgan fingerprint density at radius 1 is 1.21 bits per heavy atom. The van der Waals surface area contributed by atoms with Crippen molar-refractivity contribution in [3.05, 3.63) is 82.4 Å². The van der Waals surface area contributed by atoms with E-state index in [2.05, 4.69) is 4.98 Å². The minimum absolute atomic E-state index is 0.141. The third-order valence-corrected chi connectivity index (χ3v) is 5.42. The number of carbonyl (C=O) groups is 1. The maximum Gasteiger partial charge on any atom is 0.272 e. The largest absolute Gasteiger partial charge is 0.475 e. The molecule has 0 bridgehead atoms. The number of amides is 1. The van der Waals surface area contributed by atoms with Crippen LogP contribution in [-0.4, -0.2) is 39.6 Å². The van der Waals surface area contributed by atoms with Gasteiger partial charge in [-0.25, -0.2) is 13.8 Å². The molecule has 1 atom stereocenters. The number of alkyl halides is 2. The highest BCUT2D eigenvalue weighted by atomic mass is 19.3. The summed E-state index contributed by atoms with van der Waals surface area (Å²) >= 11 is 0. The molecule has 0 aliphatic rings. The Morgan fingerprint density at radius 2 is 1.94 bits per heavy atom. The van der Waals surface area contributed by atoms with Crippen LogP contribution >= 0.6 is 0 Å². The first-order valence-electron chi connectivity index (χ1n) is 10.7. The number of likely N-dealkylation sites (N-methyl/N-ethyl adjacent to an activating group) is 1. The van der Waals surface area contributed by atoms with Crippen LogP contribution in [0.3, 0.4) is 0 Å². The van der Waals surface area contributed by atoms with Gasteiger partial charge in [-0.3, -0.25) is 9.59 Å². The predicted molar refractivity (Wildman–Crippen MR) is 123 cm³/mol. The van der Waals surface area contributed by atoms with Gasteiger partial charge in [0, 0.05) is 56.2 Å². The molecule has 174 valence electrons. The van der Waals surface area contributed by atoms with Crippen LogP contribution in [0.25, 0.3) is 11.1 Å². The number of carbonyl (C=O) groups excluding carboxylic acids is 1. The highest BCUT2D eigenvalue weighted by Crippen LogP contribution is 2.27. The summed E-state index contributed by atoms with van der Waals surface area (Å²) in [5.41, 5.74) is 1.46. The smallest absolute Gasteiger partial charge is 0.272 e. The summed E-state index contributed by atoms with van der Waals surface area (Å²) < 4.78 is 33.8. The Hall–Kier alpha value is -3.55. The first-order valence-corrected chi connectivity index (χ1v) is 10.7. The number of pyridine rings is 2. The van der Waals surface area contributed by atoms with E-state index < -0.39 is 5.92 Å². The van der Waals surface area contributed by atoms with Crippen molar-refractivity contribution in [1.29, 1.82) is 0 Å². The normalized spacial score (nSPS) is 12.3. The molecule has 3 rings (SSSR count). The van der Waals surface area contributed by atoms with Gasteiger partial charge >= 0.3 is 0 Å². The first kappa shape index (κ1) is 24.1. The van der Waals surface area contributed by atoms with E-state index in [9.17, 15) is 18.4 Å². The van der Waals surface area contributed by atoms with Gasteiger partial charge in [0.05, 0.1) is 6.04 Å². The second kappa shape index (κ2) is 9.94. The van der Waals surface area contributed by atoms with Crippen LogP contribution in [-0.2, 0) is 13.0 Å². The van der Waals surface area contributed by atoms with E-state index in [1.807, 2.05) is 26.0 Å². The van der Waals surface area contributed by atoms with E-state index in [1.54, 1.807) is 36.3 Å². The van der Waals surface area contributed by atoms with E-state index in [1.165, 1.54) is 22.8 Å². The molecule has 2 aromatic heterocycles. The number of aryl methyl sites for hydroxylation is 1. The molecule has 33 heavy (non-hydrogen) atoms. The SMILES string of the molecule is CCN(C(=O)c1ccccc1-c1ccn(C)c(=O)c1)[C@@H](C)COc1ccc(C(C)(F)F)cn1. The van der Waals surface area contributed by atoms with Gasteiger partial charge in [0.1, 0.15) is 6.61 Å². The summed E-state index contributed by atoms with van der Waals surface area (Å²) in [6.07, 6.45) is 2.75. The fourth-order valence-corrected chi connectivity index (χ4v) is 3.47. The number of ether oxygens (including phenoxy) is 1. The van der Waals surface area contributed by atoms with Crippen molar-refractivity contribution < 1.29 is 18.3 Å². The Bertz CT molecular complexity index is 1170. The lowest BCUT2D eigenvalue weighted by molar-refractivity contribution is 0.0169. The van der Waals surface area contributed by atoms with Crippen LogP contribution < -0.4 is 10.3 Å². The number of hydrogen-bond acceptors (Lipinski definition) is 4. The molecule has 0 N–H and O–H groups in total. The topological polar surface area (TPSA) is 64.4 Å². The molecule has 0 saturated carbocycles. The summed E-state index contributed by atoms with van der Waals surface area (Å²) in [6, 6.07) is 12.8. The van der Waals surface area contributed by atoms with Crippen molar-refractivity contribution in [2.24, 2.45) is 7.05 Å².